The van der Waals surface area contributed by atoms with Gasteiger partial charge in [-0.15, -0.1) is 0 Å². The Labute approximate surface area is 112 Å². The number of benzene rings is 1. The van der Waals surface area contributed by atoms with Crippen LogP contribution >= 0.6 is 15.9 Å². The Morgan fingerprint density at radius 2 is 2.24 bits per heavy atom. The van der Waals surface area contributed by atoms with Crippen molar-refractivity contribution in [3.05, 3.63) is 27.7 Å². The van der Waals surface area contributed by atoms with Crippen molar-refractivity contribution in [3.63, 3.8) is 0 Å². The molecule has 94 valence electrons. The normalized spacial score (nSPS) is 20.3. The van der Waals surface area contributed by atoms with Crippen LogP contribution in [0, 0.1) is 6.92 Å². The highest BCUT2D eigenvalue weighted by Gasteiger charge is 2.14. The Morgan fingerprint density at radius 3 is 2.88 bits per heavy atom. The van der Waals surface area contributed by atoms with Crippen LogP contribution in [0.5, 0.6) is 5.75 Å². The number of rotatable bonds is 3. The van der Waals surface area contributed by atoms with Crippen LogP contribution in [0.3, 0.4) is 0 Å². The van der Waals surface area contributed by atoms with Gasteiger partial charge >= 0.3 is 0 Å². The third kappa shape index (κ3) is 3.23. The Morgan fingerprint density at radius 1 is 1.41 bits per heavy atom. The summed E-state index contributed by atoms with van der Waals surface area (Å²) in [6.45, 7) is 3.24. The van der Waals surface area contributed by atoms with Crippen molar-refractivity contribution in [2.75, 3.05) is 13.7 Å². The van der Waals surface area contributed by atoms with Crippen molar-refractivity contribution < 1.29 is 4.74 Å². The lowest BCUT2D eigenvalue weighted by Gasteiger charge is -2.24. The van der Waals surface area contributed by atoms with E-state index in [0.29, 0.717) is 6.04 Å². The third-order valence-electron chi connectivity index (χ3n) is 3.47. The molecule has 2 rings (SSSR count). The summed E-state index contributed by atoms with van der Waals surface area (Å²) in [7, 11) is 1.73. The van der Waals surface area contributed by atoms with Gasteiger partial charge in [-0.1, -0.05) is 22.4 Å². The lowest BCUT2D eigenvalue weighted by atomic mass is 9.97. The summed E-state index contributed by atoms with van der Waals surface area (Å²) >= 11 is 3.60. The van der Waals surface area contributed by atoms with E-state index in [-0.39, 0.29) is 0 Å². The lowest BCUT2D eigenvalue weighted by Crippen LogP contribution is -2.35. The fourth-order valence-electron chi connectivity index (χ4n) is 2.42. The van der Waals surface area contributed by atoms with Crippen LogP contribution in [0.25, 0.3) is 0 Å². The molecule has 0 spiro atoms. The second-order valence-corrected chi connectivity index (χ2v) is 5.61. The van der Waals surface area contributed by atoms with Crippen LogP contribution in [-0.4, -0.2) is 19.7 Å². The molecule has 17 heavy (non-hydrogen) atoms. The summed E-state index contributed by atoms with van der Waals surface area (Å²) in [6.07, 6.45) is 5.04. The fourth-order valence-corrected chi connectivity index (χ4v) is 2.91. The number of halogens is 1. The Kier molecular flexibility index (Phi) is 4.46. The molecule has 0 radical (unpaired) electrons. The highest BCUT2D eigenvalue weighted by molar-refractivity contribution is 9.10. The van der Waals surface area contributed by atoms with Gasteiger partial charge in [0.05, 0.1) is 7.11 Å². The summed E-state index contributed by atoms with van der Waals surface area (Å²) in [4.78, 5) is 0. The number of piperidine rings is 1. The fraction of sp³-hybridized carbons (Fsp3) is 0.571. The Bertz CT molecular complexity index is 386. The first-order valence-corrected chi connectivity index (χ1v) is 7.06. The molecular weight excluding hydrogens is 278 g/mol. The molecule has 1 unspecified atom stereocenters. The number of hydrogen-bond donors (Lipinski definition) is 1. The van der Waals surface area contributed by atoms with Crippen LogP contribution in [0.4, 0.5) is 0 Å². The predicted octanol–water partition coefficient (Wildman–Crippen LogP) is 3.45. The van der Waals surface area contributed by atoms with E-state index in [4.69, 9.17) is 4.74 Å². The number of hydrogen-bond acceptors (Lipinski definition) is 2. The smallest absolute Gasteiger partial charge is 0.123 e. The minimum Gasteiger partial charge on any atom is -0.496 e. The first-order chi connectivity index (χ1) is 8.20. The molecule has 0 aromatic heterocycles. The lowest BCUT2D eigenvalue weighted by molar-refractivity contribution is 0.395. The van der Waals surface area contributed by atoms with Crippen LogP contribution in [-0.2, 0) is 6.42 Å². The molecule has 1 aliphatic heterocycles. The molecule has 1 fully saturated rings. The van der Waals surface area contributed by atoms with Crippen LogP contribution < -0.4 is 10.1 Å². The highest BCUT2D eigenvalue weighted by atomic mass is 79.9. The van der Waals surface area contributed by atoms with Gasteiger partial charge in [-0.3, -0.25) is 0 Å². The molecule has 0 aliphatic carbocycles. The third-order valence-corrected chi connectivity index (χ3v) is 4.29. The molecule has 0 amide bonds. The molecule has 1 saturated heterocycles. The Balaban J connectivity index is 2.12. The van der Waals surface area contributed by atoms with Crippen molar-refractivity contribution in [2.24, 2.45) is 0 Å². The number of methoxy groups -OCH3 is 1. The molecule has 1 heterocycles. The van der Waals surface area contributed by atoms with Gasteiger partial charge in [0.15, 0.2) is 0 Å². The van der Waals surface area contributed by atoms with E-state index in [0.717, 1.165) is 23.2 Å². The van der Waals surface area contributed by atoms with E-state index < -0.39 is 0 Å². The monoisotopic (exact) mass is 297 g/mol. The zero-order chi connectivity index (χ0) is 12.3. The summed E-state index contributed by atoms with van der Waals surface area (Å²) in [5.74, 6) is 0.977. The topological polar surface area (TPSA) is 21.3 Å². The van der Waals surface area contributed by atoms with Crippen LogP contribution in [0.15, 0.2) is 16.6 Å². The molecule has 1 aromatic carbocycles. The molecule has 0 bridgehead atoms. The second-order valence-electron chi connectivity index (χ2n) is 4.76. The molecule has 1 aliphatic rings. The Hall–Kier alpha value is -0.540. The van der Waals surface area contributed by atoms with Gasteiger partial charge in [0.25, 0.3) is 0 Å². The summed E-state index contributed by atoms with van der Waals surface area (Å²) in [6, 6.07) is 5.01. The van der Waals surface area contributed by atoms with Crippen molar-refractivity contribution in [3.8, 4) is 5.75 Å². The zero-order valence-electron chi connectivity index (χ0n) is 10.6. The highest BCUT2D eigenvalue weighted by Crippen LogP contribution is 2.28. The van der Waals surface area contributed by atoms with Crippen molar-refractivity contribution in [1.29, 1.82) is 0 Å². The first kappa shape index (κ1) is 12.9. The molecule has 1 aromatic rings. The van der Waals surface area contributed by atoms with E-state index in [9.17, 15) is 0 Å². The average Bonchev–Trinajstić information content (AvgIpc) is 2.35. The molecular formula is C14H20BrNO. The van der Waals surface area contributed by atoms with E-state index >= 15 is 0 Å². The van der Waals surface area contributed by atoms with E-state index in [2.05, 4.69) is 40.3 Å². The van der Waals surface area contributed by atoms with E-state index in [1.165, 1.54) is 30.4 Å². The SMILES string of the molecule is COc1cc(CC2CCCCN2)cc(Br)c1C. The van der Waals surface area contributed by atoms with Crippen molar-refractivity contribution in [2.45, 2.75) is 38.6 Å². The van der Waals surface area contributed by atoms with Gasteiger partial charge in [-0.05, 0) is 50.4 Å². The van der Waals surface area contributed by atoms with Gasteiger partial charge in [0, 0.05) is 16.1 Å². The second kappa shape index (κ2) is 5.87. The van der Waals surface area contributed by atoms with E-state index in [1.807, 2.05) is 0 Å². The molecule has 0 saturated carbocycles. The average molecular weight is 298 g/mol. The van der Waals surface area contributed by atoms with Gasteiger partial charge in [-0.2, -0.15) is 0 Å². The first-order valence-electron chi connectivity index (χ1n) is 6.27. The summed E-state index contributed by atoms with van der Waals surface area (Å²) in [5, 5.41) is 3.58. The minimum absolute atomic E-state index is 0.628. The maximum absolute atomic E-state index is 5.41. The quantitative estimate of drug-likeness (QED) is 0.923. The van der Waals surface area contributed by atoms with E-state index in [1.54, 1.807) is 7.11 Å². The predicted molar refractivity (Wildman–Crippen MR) is 74.8 cm³/mol. The standard InChI is InChI=1S/C14H20BrNO/c1-10-13(15)8-11(9-14(10)17-2)7-12-5-3-4-6-16-12/h8-9,12,16H,3-7H2,1-2H3. The van der Waals surface area contributed by atoms with Gasteiger partial charge < -0.3 is 10.1 Å². The molecule has 1 N–H and O–H groups in total. The zero-order valence-corrected chi connectivity index (χ0v) is 12.1. The van der Waals surface area contributed by atoms with Gasteiger partial charge in [0.2, 0.25) is 0 Å². The van der Waals surface area contributed by atoms with Crippen molar-refractivity contribution >= 4 is 15.9 Å². The van der Waals surface area contributed by atoms with Gasteiger partial charge in [0.1, 0.15) is 5.75 Å². The largest absolute Gasteiger partial charge is 0.496 e. The summed E-state index contributed by atoms with van der Waals surface area (Å²) in [5.41, 5.74) is 2.52. The maximum atomic E-state index is 5.41. The van der Waals surface area contributed by atoms with Crippen molar-refractivity contribution in [1.82, 2.24) is 5.32 Å². The molecule has 1 atom stereocenters. The molecule has 3 heteroatoms. The van der Waals surface area contributed by atoms with Crippen LogP contribution in [0.2, 0.25) is 0 Å². The minimum atomic E-state index is 0.628. The summed E-state index contributed by atoms with van der Waals surface area (Å²) < 4.78 is 6.55. The maximum Gasteiger partial charge on any atom is 0.123 e. The number of ether oxygens (including phenoxy) is 1. The molecule has 2 nitrogen and oxygen atoms in total. The number of nitrogens with one attached hydrogen (secondary N) is 1. The van der Waals surface area contributed by atoms with Crippen LogP contribution in [0.1, 0.15) is 30.4 Å². The van der Waals surface area contributed by atoms with Gasteiger partial charge in [-0.25, -0.2) is 0 Å².